The first-order chi connectivity index (χ1) is 10.7. The van der Waals surface area contributed by atoms with Crippen LogP contribution in [-0.2, 0) is 11.2 Å². The number of hydrogen-bond donors (Lipinski definition) is 1. The van der Waals surface area contributed by atoms with E-state index in [4.69, 9.17) is 4.74 Å². The van der Waals surface area contributed by atoms with E-state index in [1.54, 1.807) is 12.3 Å². The third kappa shape index (κ3) is 4.96. The van der Waals surface area contributed by atoms with Crippen molar-refractivity contribution in [1.29, 1.82) is 0 Å². The highest BCUT2D eigenvalue weighted by atomic mass is 79.9. The molecule has 0 unspecified atom stereocenters. The highest BCUT2D eigenvalue weighted by Crippen LogP contribution is 2.26. The topological polar surface area (TPSA) is 63.6 Å². The van der Waals surface area contributed by atoms with Gasteiger partial charge >= 0.3 is 0 Å². The maximum Gasteiger partial charge on any atom is 0.277 e. The van der Waals surface area contributed by atoms with E-state index in [-0.39, 0.29) is 12.5 Å². The third-order valence-electron chi connectivity index (χ3n) is 2.84. The van der Waals surface area contributed by atoms with Gasteiger partial charge in [0.05, 0.1) is 16.4 Å². The van der Waals surface area contributed by atoms with Crippen LogP contribution in [0.15, 0.2) is 52.2 Å². The number of hydrazone groups is 1. The molecular formula is C16H16BrN3O2. The number of aryl methyl sites for hydroxylation is 1. The van der Waals surface area contributed by atoms with Gasteiger partial charge in [-0.3, -0.25) is 9.78 Å². The molecule has 2 rings (SSSR count). The maximum absolute atomic E-state index is 11.7. The van der Waals surface area contributed by atoms with Crippen molar-refractivity contribution in [3.05, 3.63) is 58.3 Å². The second kappa shape index (κ2) is 8.29. The molecule has 0 spiro atoms. The van der Waals surface area contributed by atoms with Gasteiger partial charge in [0, 0.05) is 6.20 Å². The van der Waals surface area contributed by atoms with E-state index >= 15 is 0 Å². The summed E-state index contributed by atoms with van der Waals surface area (Å²) in [4.78, 5) is 15.7. The van der Waals surface area contributed by atoms with Crippen molar-refractivity contribution < 1.29 is 9.53 Å². The van der Waals surface area contributed by atoms with Crippen molar-refractivity contribution in [2.24, 2.45) is 5.10 Å². The van der Waals surface area contributed by atoms with Crippen LogP contribution >= 0.6 is 15.9 Å². The molecule has 0 saturated heterocycles. The Hall–Kier alpha value is -2.21. The molecule has 0 aliphatic heterocycles. The van der Waals surface area contributed by atoms with Crippen LogP contribution in [0.5, 0.6) is 5.75 Å². The van der Waals surface area contributed by atoms with Gasteiger partial charge in [0.15, 0.2) is 6.61 Å². The lowest BCUT2D eigenvalue weighted by molar-refractivity contribution is -0.123. The van der Waals surface area contributed by atoms with Crippen molar-refractivity contribution >= 4 is 28.1 Å². The van der Waals surface area contributed by atoms with E-state index in [9.17, 15) is 4.79 Å². The van der Waals surface area contributed by atoms with Crippen LogP contribution in [0.4, 0.5) is 0 Å². The Labute approximate surface area is 137 Å². The summed E-state index contributed by atoms with van der Waals surface area (Å²) in [6.45, 7) is 1.97. The van der Waals surface area contributed by atoms with Gasteiger partial charge in [0.2, 0.25) is 0 Å². The number of aromatic nitrogens is 1. The van der Waals surface area contributed by atoms with Crippen LogP contribution in [0.2, 0.25) is 0 Å². The fraction of sp³-hybridized carbons (Fsp3) is 0.188. The number of benzene rings is 1. The highest BCUT2D eigenvalue weighted by Gasteiger charge is 2.05. The third-order valence-corrected chi connectivity index (χ3v) is 3.46. The van der Waals surface area contributed by atoms with Crippen molar-refractivity contribution in [3.8, 4) is 5.75 Å². The molecule has 1 aromatic carbocycles. The van der Waals surface area contributed by atoms with Crippen molar-refractivity contribution in [2.45, 2.75) is 13.3 Å². The molecule has 22 heavy (non-hydrogen) atoms. The minimum absolute atomic E-state index is 0.108. The summed E-state index contributed by atoms with van der Waals surface area (Å²) < 4.78 is 6.28. The molecule has 5 nitrogen and oxygen atoms in total. The quantitative estimate of drug-likeness (QED) is 0.635. The lowest BCUT2D eigenvalue weighted by Gasteiger charge is -2.08. The van der Waals surface area contributed by atoms with E-state index in [1.165, 1.54) is 11.8 Å². The Kier molecular flexibility index (Phi) is 6.09. The minimum Gasteiger partial charge on any atom is -0.483 e. The molecule has 0 aliphatic carbocycles. The predicted molar refractivity (Wildman–Crippen MR) is 89.0 cm³/mol. The summed E-state index contributed by atoms with van der Waals surface area (Å²) in [6, 6.07) is 11.2. The molecule has 0 bridgehead atoms. The number of hydrogen-bond acceptors (Lipinski definition) is 4. The van der Waals surface area contributed by atoms with Crippen LogP contribution in [0.3, 0.4) is 0 Å². The zero-order chi connectivity index (χ0) is 15.8. The summed E-state index contributed by atoms with van der Waals surface area (Å²) in [6.07, 6.45) is 4.08. The van der Waals surface area contributed by atoms with E-state index in [1.807, 2.05) is 30.3 Å². The Morgan fingerprint density at radius 3 is 2.95 bits per heavy atom. The predicted octanol–water partition coefficient (Wildman–Crippen LogP) is 2.94. The first-order valence-corrected chi connectivity index (χ1v) is 7.62. The van der Waals surface area contributed by atoms with E-state index in [0.717, 1.165) is 10.9 Å². The van der Waals surface area contributed by atoms with Crippen LogP contribution < -0.4 is 10.2 Å². The number of halogens is 1. The summed E-state index contributed by atoms with van der Waals surface area (Å²) in [7, 11) is 0. The van der Waals surface area contributed by atoms with E-state index in [2.05, 4.69) is 38.4 Å². The second-order valence-electron chi connectivity index (χ2n) is 4.45. The first-order valence-electron chi connectivity index (χ1n) is 6.83. The first kappa shape index (κ1) is 16.2. The molecule has 1 amide bonds. The van der Waals surface area contributed by atoms with Gasteiger partial charge in [-0.2, -0.15) is 5.10 Å². The lowest BCUT2D eigenvalue weighted by atomic mass is 10.2. The molecule has 2 aromatic rings. The maximum atomic E-state index is 11.7. The number of ether oxygens (including phenoxy) is 1. The molecule has 0 saturated carbocycles. The summed E-state index contributed by atoms with van der Waals surface area (Å²) in [5.74, 6) is 0.291. The van der Waals surface area contributed by atoms with Gasteiger partial charge in [-0.1, -0.05) is 19.1 Å². The molecule has 0 fully saturated rings. The van der Waals surface area contributed by atoms with Crippen molar-refractivity contribution in [2.75, 3.05) is 6.61 Å². The molecule has 6 heteroatoms. The summed E-state index contributed by atoms with van der Waals surface area (Å²) in [5, 5.41) is 3.82. The van der Waals surface area contributed by atoms with Crippen LogP contribution in [0, 0.1) is 0 Å². The molecule has 0 aliphatic rings. The second-order valence-corrected chi connectivity index (χ2v) is 5.31. The molecule has 0 atom stereocenters. The molecule has 114 valence electrons. The van der Waals surface area contributed by atoms with Crippen LogP contribution in [0.25, 0.3) is 0 Å². The fourth-order valence-electron chi connectivity index (χ4n) is 1.68. The van der Waals surface area contributed by atoms with Gasteiger partial charge in [0.25, 0.3) is 5.91 Å². The molecule has 1 heterocycles. The fourth-order valence-corrected chi connectivity index (χ4v) is 2.22. The van der Waals surface area contributed by atoms with Crippen LogP contribution in [-0.4, -0.2) is 23.7 Å². The van der Waals surface area contributed by atoms with E-state index in [0.29, 0.717) is 11.4 Å². The monoisotopic (exact) mass is 361 g/mol. The van der Waals surface area contributed by atoms with Crippen LogP contribution in [0.1, 0.15) is 18.2 Å². The number of pyridine rings is 1. The Balaban J connectivity index is 1.82. The molecule has 1 aromatic heterocycles. The number of carbonyl (C=O) groups is 1. The standard InChI is InChI=1S/C16H16BrN3O2/c1-2-12-6-7-15(14(17)9-12)22-11-16(21)20-19-10-13-5-3-4-8-18-13/h3-10H,2,11H2,1H3,(H,20,21)/b19-10+. The van der Waals surface area contributed by atoms with Gasteiger partial charge in [0.1, 0.15) is 5.75 Å². The normalized spacial score (nSPS) is 10.6. The number of nitrogens with one attached hydrogen (secondary N) is 1. The SMILES string of the molecule is CCc1ccc(OCC(=O)N/N=C/c2ccccn2)c(Br)c1. The van der Waals surface area contributed by atoms with Gasteiger partial charge in [-0.15, -0.1) is 0 Å². The number of rotatable bonds is 6. The minimum atomic E-state index is -0.335. The zero-order valence-electron chi connectivity index (χ0n) is 12.1. The number of carbonyl (C=O) groups excluding carboxylic acids is 1. The Morgan fingerprint density at radius 1 is 1.41 bits per heavy atom. The van der Waals surface area contributed by atoms with Gasteiger partial charge in [-0.25, -0.2) is 5.43 Å². The summed E-state index contributed by atoms with van der Waals surface area (Å²) in [5.41, 5.74) is 4.26. The van der Waals surface area contributed by atoms with Gasteiger partial charge in [-0.05, 0) is 52.2 Å². The van der Waals surface area contributed by atoms with Gasteiger partial charge < -0.3 is 4.74 Å². The van der Waals surface area contributed by atoms with Crippen molar-refractivity contribution in [3.63, 3.8) is 0 Å². The zero-order valence-corrected chi connectivity index (χ0v) is 13.7. The molecule has 0 radical (unpaired) electrons. The highest BCUT2D eigenvalue weighted by molar-refractivity contribution is 9.10. The largest absolute Gasteiger partial charge is 0.483 e. The lowest BCUT2D eigenvalue weighted by Crippen LogP contribution is -2.24. The smallest absolute Gasteiger partial charge is 0.277 e. The molecule has 1 N–H and O–H groups in total. The Bertz CT molecular complexity index is 660. The number of nitrogens with zero attached hydrogens (tertiary/aromatic N) is 2. The Morgan fingerprint density at radius 2 is 2.27 bits per heavy atom. The average molecular weight is 362 g/mol. The molecular weight excluding hydrogens is 346 g/mol. The van der Waals surface area contributed by atoms with Crippen molar-refractivity contribution in [1.82, 2.24) is 10.4 Å². The number of amides is 1. The van der Waals surface area contributed by atoms with E-state index < -0.39 is 0 Å². The average Bonchev–Trinajstić information content (AvgIpc) is 2.54. The summed E-state index contributed by atoms with van der Waals surface area (Å²) >= 11 is 3.43.